The Morgan fingerprint density at radius 3 is 2.67 bits per heavy atom. The summed E-state index contributed by atoms with van der Waals surface area (Å²) in [5.74, 6) is 0.932. The third kappa shape index (κ3) is 4.99. The maximum atomic E-state index is 13.0. The van der Waals surface area contributed by atoms with Crippen LogP contribution in [0.25, 0.3) is 0 Å². The first-order valence-electron chi connectivity index (χ1n) is 9.29. The molecule has 1 aliphatic rings. The van der Waals surface area contributed by atoms with Crippen LogP contribution in [0.3, 0.4) is 0 Å². The summed E-state index contributed by atoms with van der Waals surface area (Å²) in [5, 5.41) is 3.82. The molecule has 1 aliphatic heterocycles. The molecule has 0 fully saturated rings. The number of hydrogen-bond donors (Lipinski definition) is 1. The van der Waals surface area contributed by atoms with Gasteiger partial charge in [-0.1, -0.05) is 30.7 Å². The van der Waals surface area contributed by atoms with Gasteiger partial charge in [0.2, 0.25) is 5.91 Å². The Bertz CT molecular complexity index is 820. The topological polar surface area (TPSA) is 38.3 Å². The summed E-state index contributed by atoms with van der Waals surface area (Å²) in [4.78, 5) is 14.0. The number of hydrogen-bond acceptors (Lipinski definition) is 3. The second-order valence-corrected chi connectivity index (χ2v) is 9.35. The van der Waals surface area contributed by atoms with Crippen LogP contribution in [-0.2, 0) is 4.79 Å². The number of nitrogens with one attached hydrogen (secondary N) is 1. The van der Waals surface area contributed by atoms with E-state index in [0.717, 1.165) is 34.6 Å². The molecule has 3 nitrogen and oxygen atoms in total. The molecule has 2 unspecified atom stereocenters. The van der Waals surface area contributed by atoms with E-state index < -0.39 is 0 Å². The van der Waals surface area contributed by atoms with Gasteiger partial charge in [-0.15, -0.1) is 11.8 Å². The molecule has 1 N–H and O–H groups in total. The molecule has 144 valence electrons. The molecule has 5 heteroatoms. The minimum atomic E-state index is -0.316. The van der Waals surface area contributed by atoms with Crippen LogP contribution >= 0.6 is 23.4 Å². The van der Waals surface area contributed by atoms with Gasteiger partial charge < -0.3 is 10.1 Å². The Balaban J connectivity index is 1.76. The number of benzene rings is 2. The summed E-state index contributed by atoms with van der Waals surface area (Å²) in [6.45, 7) is 8.22. The quantitative estimate of drug-likeness (QED) is 0.628. The van der Waals surface area contributed by atoms with Crippen LogP contribution in [-0.4, -0.2) is 16.8 Å². The number of fused-ring (bicyclic) bond motifs is 1. The average molecular weight is 404 g/mol. The van der Waals surface area contributed by atoms with Gasteiger partial charge in [-0.05, 0) is 63.1 Å². The fraction of sp³-hybridized carbons (Fsp3) is 0.409. The van der Waals surface area contributed by atoms with Crippen LogP contribution in [0, 0.1) is 6.92 Å². The number of rotatable bonds is 5. The zero-order valence-corrected chi connectivity index (χ0v) is 17.8. The van der Waals surface area contributed by atoms with Gasteiger partial charge in [0.25, 0.3) is 0 Å². The normalized spacial score (nSPS) is 18.9. The van der Waals surface area contributed by atoms with E-state index in [1.165, 1.54) is 0 Å². The molecule has 27 heavy (non-hydrogen) atoms. The van der Waals surface area contributed by atoms with E-state index in [1.807, 2.05) is 31.2 Å². The number of carbonyl (C=O) groups excluding carboxylic acids is 1. The molecular formula is C22H26ClNO2S. The Morgan fingerprint density at radius 1 is 1.30 bits per heavy atom. The highest BCUT2D eigenvalue weighted by molar-refractivity contribution is 8.00. The Labute approximate surface area is 170 Å². The summed E-state index contributed by atoms with van der Waals surface area (Å²) in [5.41, 5.74) is 1.89. The van der Waals surface area contributed by atoms with Crippen molar-refractivity contribution in [2.45, 2.75) is 62.3 Å². The fourth-order valence-electron chi connectivity index (χ4n) is 3.35. The number of thioether (sulfide) groups is 1. The first kappa shape index (κ1) is 20.1. The van der Waals surface area contributed by atoms with Crippen molar-refractivity contribution in [1.82, 2.24) is 5.32 Å². The lowest BCUT2D eigenvalue weighted by atomic mass is 9.89. The number of aryl methyl sites for hydroxylation is 1. The van der Waals surface area contributed by atoms with Crippen molar-refractivity contribution in [3.8, 4) is 5.75 Å². The van der Waals surface area contributed by atoms with Gasteiger partial charge in [0.15, 0.2) is 0 Å². The van der Waals surface area contributed by atoms with E-state index in [-0.39, 0.29) is 22.8 Å². The molecule has 3 rings (SSSR count). The van der Waals surface area contributed by atoms with E-state index >= 15 is 0 Å². The van der Waals surface area contributed by atoms with E-state index in [2.05, 4.69) is 44.3 Å². The predicted octanol–water partition coefficient (Wildman–Crippen LogP) is 5.94. The summed E-state index contributed by atoms with van der Waals surface area (Å²) in [6.07, 6.45) is 1.50. The van der Waals surface area contributed by atoms with Crippen LogP contribution in [0.4, 0.5) is 0 Å². The molecule has 0 bridgehead atoms. The summed E-state index contributed by atoms with van der Waals surface area (Å²) >= 11 is 7.53. The molecule has 0 saturated heterocycles. The molecule has 2 aromatic rings. The van der Waals surface area contributed by atoms with E-state index in [1.54, 1.807) is 11.8 Å². The SMILES string of the molecule is CCC(Sc1ccc(Cl)cc1)C(=O)NC1CC(C)(C)Oc2cc(C)ccc21. The van der Waals surface area contributed by atoms with E-state index in [4.69, 9.17) is 16.3 Å². The second kappa shape index (κ2) is 8.15. The third-order valence-electron chi connectivity index (χ3n) is 4.70. The Morgan fingerprint density at radius 2 is 2.00 bits per heavy atom. The van der Waals surface area contributed by atoms with Gasteiger partial charge in [0.1, 0.15) is 11.4 Å². The minimum Gasteiger partial charge on any atom is -0.487 e. The molecule has 2 atom stereocenters. The summed E-state index contributed by atoms with van der Waals surface area (Å²) in [7, 11) is 0. The van der Waals surface area contributed by atoms with Gasteiger partial charge in [-0.2, -0.15) is 0 Å². The van der Waals surface area contributed by atoms with Crippen molar-refractivity contribution >= 4 is 29.3 Å². The molecule has 1 amide bonds. The monoisotopic (exact) mass is 403 g/mol. The standard InChI is InChI=1S/C22H26ClNO2S/c1-5-20(27-16-9-7-15(23)8-10-16)21(25)24-18-13-22(3,4)26-19-12-14(2)6-11-17(18)19/h6-12,18,20H,5,13H2,1-4H3,(H,24,25). The molecule has 0 radical (unpaired) electrons. The fourth-order valence-corrected chi connectivity index (χ4v) is 4.44. The minimum absolute atomic E-state index is 0.0447. The average Bonchev–Trinajstić information content (AvgIpc) is 2.59. The first-order chi connectivity index (χ1) is 12.8. The van der Waals surface area contributed by atoms with Gasteiger partial charge in [-0.3, -0.25) is 4.79 Å². The highest BCUT2D eigenvalue weighted by atomic mass is 35.5. The van der Waals surface area contributed by atoms with E-state index in [9.17, 15) is 4.79 Å². The van der Waals surface area contributed by atoms with Gasteiger partial charge in [0.05, 0.1) is 11.3 Å². The van der Waals surface area contributed by atoms with Crippen molar-refractivity contribution in [2.24, 2.45) is 0 Å². The van der Waals surface area contributed by atoms with Gasteiger partial charge in [0, 0.05) is 21.9 Å². The van der Waals surface area contributed by atoms with Crippen LogP contribution in [0.1, 0.15) is 50.8 Å². The molecule has 1 heterocycles. The van der Waals surface area contributed by atoms with E-state index in [0.29, 0.717) is 5.02 Å². The first-order valence-corrected chi connectivity index (χ1v) is 10.6. The van der Waals surface area contributed by atoms with Crippen molar-refractivity contribution in [3.63, 3.8) is 0 Å². The van der Waals surface area contributed by atoms with Gasteiger partial charge in [-0.25, -0.2) is 0 Å². The zero-order chi connectivity index (χ0) is 19.6. The Kier molecular flexibility index (Phi) is 6.07. The lowest BCUT2D eigenvalue weighted by Gasteiger charge is -2.38. The molecule has 0 spiro atoms. The number of amides is 1. The van der Waals surface area contributed by atoms with Crippen LogP contribution in [0.5, 0.6) is 5.75 Å². The molecule has 2 aromatic carbocycles. The van der Waals surface area contributed by atoms with Crippen molar-refractivity contribution in [1.29, 1.82) is 0 Å². The van der Waals surface area contributed by atoms with Crippen LogP contribution in [0.2, 0.25) is 5.02 Å². The number of halogens is 1. The molecule has 0 aromatic heterocycles. The zero-order valence-electron chi connectivity index (χ0n) is 16.2. The number of ether oxygens (including phenoxy) is 1. The largest absolute Gasteiger partial charge is 0.487 e. The highest BCUT2D eigenvalue weighted by Crippen LogP contribution is 2.40. The Hall–Kier alpha value is -1.65. The lowest BCUT2D eigenvalue weighted by Crippen LogP contribution is -2.43. The van der Waals surface area contributed by atoms with Crippen LogP contribution < -0.4 is 10.1 Å². The molecular weight excluding hydrogens is 378 g/mol. The smallest absolute Gasteiger partial charge is 0.233 e. The predicted molar refractivity (Wildman–Crippen MR) is 113 cm³/mol. The highest BCUT2D eigenvalue weighted by Gasteiger charge is 2.35. The molecule has 0 saturated carbocycles. The van der Waals surface area contributed by atoms with Crippen molar-refractivity contribution in [2.75, 3.05) is 0 Å². The summed E-state index contributed by atoms with van der Waals surface area (Å²) < 4.78 is 6.14. The molecule has 0 aliphatic carbocycles. The summed E-state index contributed by atoms with van der Waals surface area (Å²) in [6, 6.07) is 13.8. The maximum absolute atomic E-state index is 13.0. The van der Waals surface area contributed by atoms with Crippen LogP contribution in [0.15, 0.2) is 47.4 Å². The third-order valence-corrected chi connectivity index (χ3v) is 6.33. The number of carbonyl (C=O) groups is 1. The van der Waals surface area contributed by atoms with Crippen molar-refractivity contribution in [3.05, 3.63) is 58.6 Å². The second-order valence-electron chi connectivity index (χ2n) is 7.64. The van der Waals surface area contributed by atoms with Crippen molar-refractivity contribution < 1.29 is 9.53 Å². The van der Waals surface area contributed by atoms with Gasteiger partial charge >= 0.3 is 0 Å². The maximum Gasteiger partial charge on any atom is 0.233 e. The lowest BCUT2D eigenvalue weighted by molar-refractivity contribution is -0.121.